The molecule has 0 bridgehead atoms. The van der Waals surface area contributed by atoms with Crippen molar-refractivity contribution in [1.82, 2.24) is 4.98 Å². The Bertz CT molecular complexity index is 896. The fourth-order valence-corrected chi connectivity index (χ4v) is 2.86. The summed E-state index contributed by atoms with van der Waals surface area (Å²) in [7, 11) is 0. The van der Waals surface area contributed by atoms with Crippen molar-refractivity contribution in [2.75, 3.05) is 4.90 Å². The molecule has 6 heteroatoms. The first-order valence-electron chi connectivity index (χ1n) is 7.79. The number of carbonyl (C=O) groups is 2. The fraction of sp³-hybridized carbons (Fsp3) is 0.158. The number of aliphatic hydroxyl groups excluding tert-OH is 1. The molecule has 0 aliphatic carbocycles. The Hall–Kier alpha value is -3.46. The van der Waals surface area contributed by atoms with Crippen LogP contribution in [0.25, 0.3) is 0 Å². The Morgan fingerprint density at radius 2 is 2.00 bits per heavy atom. The first kappa shape index (κ1) is 16.4. The van der Waals surface area contributed by atoms with E-state index in [-0.39, 0.29) is 17.8 Å². The monoisotopic (exact) mass is 333 g/mol. The maximum atomic E-state index is 12.6. The Labute approximate surface area is 144 Å². The predicted molar refractivity (Wildman–Crippen MR) is 90.6 cm³/mol. The molecular weight excluding hydrogens is 318 g/mol. The minimum Gasteiger partial charge on any atom is -0.503 e. The van der Waals surface area contributed by atoms with E-state index in [1.165, 1.54) is 4.90 Å². The summed E-state index contributed by atoms with van der Waals surface area (Å²) in [6, 6.07) is 12.8. The van der Waals surface area contributed by atoms with Crippen molar-refractivity contribution in [2.45, 2.75) is 19.4 Å². The number of carbonyl (C=O) groups excluding carboxylic acids is 2. The van der Waals surface area contributed by atoms with Gasteiger partial charge in [-0.15, -0.1) is 0 Å². The van der Waals surface area contributed by atoms with E-state index in [1.807, 2.05) is 6.07 Å². The summed E-state index contributed by atoms with van der Waals surface area (Å²) in [6.07, 6.45) is 1.73. The van der Waals surface area contributed by atoms with Gasteiger partial charge in [-0.2, -0.15) is 5.26 Å². The number of amides is 1. The molecule has 6 nitrogen and oxygen atoms in total. The molecule has 25 heavy (non-hydrogen) atoms. The Balaban J connectivity index is 2.15. The van der Waals surface area contributed by atoms with Crippen molar-refractivity contribution in [1.29, 1.82) is 5.26 Å². The lowest BCUT2D eigenvalue weighted by Crippen LogP contribution is -2.31. The maximum absolute atomic E-state index is 12.6. The average Bonchev–Trinajstić information content (AvgIpc) is 2.93. The summed E-state index contributed by atoms with van der Waals surface area (Å²) >= 11 is 0. The lowest BCUT2D eigenvalue weighted by atomic mass is 9.98. The number of Topliss-reactive ketones (excluding diaryl/α,β-unsaturated/α-hetero) is 1. The van der Waals surface area contributed by atoms with Gasteiger partial charge in [-0.25, -0.2) is 0 Å². The quantitative estimate of drug-likeness (QED) is 0.928. The van der Waals surface area contributed by atoms with Gasteiger partial charge in [-0.05, 0) is 36.4 Å². The molecule has 3 rings (SSSR count). The molecule has 1 atom stereocenters. The van der Waals surface area contributed by atoms with Crippen molar-refractivity contribution in [2.24, 2.45) is 0 Å². The zero-order valence-electron chi connectivity index (χ0n) is 13.5. The van der Waals surface area contributed by atoms with Gasteiger partial charge in [0.25, 0.3) is 5.91 Å². The molecule has 1 N–H and O–H groups in total. The standard InChI is InChI=1S/C19H15N3O3/c1-2-15(23)16-17(14-5-3-4-10-21-14)22(19(25)18(16)24)13-8-6-12(11-20)7-9-13/h3-10,17,24H,2H2,1H3. The van der Waals surface area contributed by atoms with Crippen LogP contribution in [-0.2, 0) is 9.59 Å². The van der Waals surface area contributed by atoms with Crippen LogP contribution in [0.4, 0.5) is 5.69 Å². The highest BCUT2D eigenvalue weighted by Gasteiger charge is 2.44. The molecule has 1 aromatic heterocycles. The van der Waals surface area contributed by atoms with Gasteiger partial charge in [-0.1, -0.05) is 13.0 Å². The van der Waals surface area contributed by atoms with E-state index in [4.69, 9.17) is 5.26 Å². The molecule has 0 radical (unpaired) electrons. The molecule has 1 aliphatic rings. The number of anilines is 1. The number of hydrogen-bond donors (Lipinski definition) is 1. The van der Waals surface area contributed by atoms with E-state index in [9.17, 15) is 14.7 Å². The molecule has 0 saturated carbocycles. The fourth-order valence-electron chi connectivity index (χ4n) is 2.86. The molecule has 124 valence electrons. The largest absolute Gasteiger partial charge is 0.503 e. The Morgan fingerprint density at radius 3 is 2.56 bits per heavy atom. The highest BCUT2D eigenvalue weighted by atomic mass is 16.3. The van der Waals surface area contributed by atoms with Crippen LogP contribution in [0, 0.1) is 11.3 Å². The summed E-state index contributed by atoms with van der Waals surface area (Å²) in [5, 5.41) is 19.2. The second kappa shape index (κ2) is 6.57. The van der Waals surface area contributed by atoms with Crippen LogP contribution in [0.1, 0.15) is 30.6 Å². The van der Waals surface area contributed by atoms with E-state index in [1.54, 1.807) is 55.6 Å². The second-order valence-electron chi connectivity index (χ2n) is 5.53. The van der Waals surface area contributed by atoms with Gasteiger partial charge in [-0.3, -0.25) is 19.5 Å². The molecule has 0 saturated heterocycles. The van der Waals surface area contributed by atoms with Crippen molar-refractivity contribution >= 4 is 17.4 Å². The third-order valence-electron chi connectivity index (χ3n) is 4.07. The van der Waals surface area contributed by atoms with Gasteiger partial charge in [0.15, 0.2) is 11.5 Å². The summed E-state index contributed by atoms with van der Waals surface area (Å²) in [5.41, 5.74) is 1.47. The van der Waals surface area contributed by atoms with Crippen LogP contribution >= 0.6 is 0 Å². The number of pyridine rings is 1. The molecule has 2 heterocycles. The molecular formula is C19H15N3O3. The zero-order valence-corrected chi connectivity index (χ0v) is 13.5. The topological polar surface area (TPSA) is 94.3 Å². The van der Waals surface area contributed by atoms with Crippen LogP contribution in [0.15, 0.2) is 60.0 Å². The van der Waals surface area contributed by atoms with E-state index < -0.39 is 17.7 Å². The number of nitrogens with zero attached hydrogens (tertiary/aromatic N) is 3. The van der Waals surface area contributed by atoms with Crippen LogP contribution in [0.3, 0.4) is 0 Å². The Morgan fingerprint density at radius 1 is 1.28 bits per heavy atom. The number of aliphatic hydroxyl groups is 1. The summed E-state index contributed by atoms with van der Waals surface area (Å²) in [5.74, 6) is -1.51. The van der Waals surface area contributed by atoms with Gasteiger partial charge in [0.05, 0.1) is 22.9 Å². The number of hydrogen-bond acceptors (Lipinski definition) is 5. The van der Waals surface area contributed by atoms with Gasteiger partial charge >= 0.3 is 0 Å². The van der Waals surface area contributed by atoms with Crippen LogP contribution in [-0.4, -0.2) is 21.8 Å². The third-order valence-corrected chi connectivity index (χ3v) is 4.07. The van der Waals surface area contributed by atoms with Crippen LogP contribution < -0.4 is 4.90 Å². The SMILES string of the molecule is CCC(=O)C1=C(O)C(=O)N(c2ccc(C#N)cc2)C1c1ccccn1. The molecule has 0 fully saturated rings. The van der Waals surface area contributed by atoms with E-state index in [0.29, 0.717) is 16.9 Å². The number of nitriles is 1. The number of aromatic nitrogens is 1. The second-order valence-corrected chi connectivity index (χ2v) is 5.53. The maximum Gasteiger partial charge on any atom is 0.294 e. The van der Waals surface area contributed by atoms with Crippen LogP contribution in [0.2, 0.25) is 0 Å². The first-order valence-corrected chi connectivity index (χ1v) is 7.79. The Kier molecular flexibility index (Phi) is 4.31. The first-order chi connectivity index (χ1) is 12.1. The average molecular weight is 333 g/mol. The van der Waals surface area contributed by atoms with Crippen molar-refractivity contribution in [3.8, 4) is 6.07 Å². The van der Waals surface area contributed by atoms with Crippen LogP contribution in [0.5, 0.6) is 0 Å². The van der Waals surface area contributed by atoms with Crippen molar-refractivity contribution < 1.29 is 14.7 Å². The number of rotatable bonds is 4. The van der Waals surface area contributed by atoms with Crippen molar-refractivity contribution in [3.63, 3.8) is 0 Å². The molecule has 1 aromatic carbocycles. The van der Waals surface area contributed by atoms with E-state index in [2.05, 4.69) is 4.98 Å². The lowest BCUT2D eigenvalue weighted by Gasteiger charge is -2.26. The zero-order chi connectivity index (χ0) is 18.0. The minimum atomic E-state index is -0.797. The predicted octanol–water partition coefficient (Wildman–Crippen LogP) is 2.83. The lowest BCUT2D eigenvalue weighted by molar-refractivity contribution is -0.118. The van der Waals surface area contributed by atoms with Gasteiger partial charge < -0.3 is 5.11 Å². The molecule has 1 unspecified atom stereocenters. The summed E-state index contributed by atoms with van der Waals surface area (Å²) < 4.78 is 0. The van der Waals surface area contributed by atoms with Gasteiger partial charge in [0.2, 0.25) is 0 Å². The van der Waals surface area contributed by atoms with Crippen molar-refractivity contribution in [3.05, 3.63) is 71.3 Å². The van der Waals surface area contributed by atoms with Gasteiger partial charge in [0.1, 0.15) is 6.04 Å². The van der Waals surface area contributed by atoms with Gasteiger partial charge in [0, 0.05) is 18.3 Å². The molecule has 1 aliphatic heterocycles. The molecule has 2 aromatic rings. The minimum absolute atomic E-state index is 0.0514. The van der Waals surface area contributed by atoms with E-state index >= 15 is 0 Å². The number of benzene rings is 1. The van der Waals surface area contributed by atoms with E-state index in [0.717, 1.165) is 0 Å². The summed E-state index contributed by atoms with van der Waals surface area (Å²) in [4.78, 5) is 30.6. The normalized spacial score (nSPS) is 16.9. The number of ketones is 1. The summed E-state index contributed by atoms with van der Waals surface area (Å²) in [6.45, 7) is 1.67. The highest BCUT2D eigenvalue weighted by Crippen LogP contribution is 2.40. The smallest absolute Gasteiger partial charge is 0.294 e. The highest BCUT2D eigenvalue weighted by molar-refractivity contribution is 6.16. The molecule has 0 spiro atoms. The third kappa shape index (κ3) is 2.76. The molecule has 1 amide bonds.